The molecule has 5 heteroatoms. The van der Waals surface area contributed by atoms with Crippen molar-refractivity contribution < 1.29 is 9.90 Å². The second-order valence-electron chi connectivity index (χ2n) is 5.52. The van der Waals surface area contributed by atoms with Crippen LogP contribution in [-0.4, -0.2) is 22.2 Å². The van der Waals surface area contributed by atoms with Crippen LogP contribution in [0.5, 0.6) is 0 Å². The van der Waals surface area contributed by atoms with Gasteiger partial charge < -0.3 is 21.1 Å². The average Bonchev–Trinajstić information content (AvgIpc) is 2.80. The Kier molecular flexibility index (Phi) is 3.73. The predicted octanol–water partition coefficient (Wildman–Crippen LogP) is 1.86. The minimum atomic E-state index is -0.401. The molecule has 1 heterocycles. The highest BCUT2D eigenvalue weighted by atomic mass is 16.3. The number of nitrogens with two attached hydrogens (primary N) is 2. The van der Waals surface area contributed by atoms with Crippen LogP contribution >= 0.6 is 0 Å². The molecule has 3 rings (SSSR count). The van der Waals surface area contributed by atoms with Gasteiger partial charge in [-0.3, -0.25) is 4.79 Å². The Balaban J connectivity index is 2.20. The molecule has 0 saturated heterocycles. The largest absolute Gasteiger partial charge is 0.399 e. The van der Waals surface area contributed by atoms with Crippen molar-refractivity contribution in [3.63, 3.8) is 0 Å². The average molecular weight is 297 g/mol. The summed E-state index contributed by atoms with van der Waals surface area (Å²) in [6.07, 6.45) is 0.359. The molecule has 114 valence electrons. The third kappa shape index (κ3) is 2.40. The third-order valence-electron chi connectivity index (χ3n) is 4.08. The highest BCUT2D eigenvalue weighted by molar-refractivity contribution is 6.09. The summed E-state index contributed by atoms with van der Waals surface area (Å²) in [6, 6.07) is 13.8. The van der Waals surface area contributed by atoms with Crippen LogP contribution in [0.15, 0.2) is 42.5 Å². The second-order valence-corrected chi connectivity index (χ2v) is 5.52. The van der Waals surface area contributed by atoms with E-state index in [-0.39, 0.29) is 6.61 Å². The maximum absolute atomic E-state index is 11.6. The maximum atomic E-state index is 11.6. The number of nitrogens with zero attached hydrogens (tertiary/aromatic N) is 1. The van der Waals surface area contributed by atoms with Crippen LogP contribution in [0.25, 0.3) is 21.8 Å². The van der Waals surface area contributed by atoms with Gasteiger partial charge in [0.1, 0.15) is 0 Å². The lowest BCUT2D eigenvalue weighted by Gasteiger charge is -2.15. The molecule has 0 spiro atoms. The van der Waals surface area contributed by atoms with Gasteiger partial charge in [0.2, 0.25) is 5.91 Å². The lowest BCUT2D eigenvalue weighted by Crippen LogP contribution is -2.28. The topological polar surface area (TPSA) is 94.3 Å². The van der Waals surface area contributed by atoms with E-state index >= 15 is 0 Å². The van der Waals surface area contributed by atoms with E-state index in [0.29, 0.717) is 18.7 Å². The van der Waals surface area contributed by atoms with Crippen molar-refractivity contribution in [2.45, 2.75) is 13.0 Å². The monoisotopic (exact) mass is 297 g/mol. The van der Waals surface area contributed by atoms with E-state index in [1.165, 1.54) is 0 Å². The Morgan fingerprint density at radius 3 is 2.59 bits per heavy atom. The summed E-state index contributed by atoms with van der Waals surface area (Å²) in [4.78, 5) is 11.6. The molecule has 0 radical (unpaired) electrons. The molecule has 0 bridgehead atoms. The fourth-order valence-corrected chi connectivity index (χ4v) is 2.97. The second kappa shape index (κ2) is 5.69. The minimum absolute atomic E-state index is 0.0578. The number of aromatic nitrogens is 1. The number of carbonyl (C=O) groups is 1. The minimum Gasteiger partial charge on any atom is -0.399 e. The van der Waals surface area contributed by atoms with E-state index in [4.69, 9.17) is 16.6 Å². The van der Waals surface area contributed by atoms with Crippen LogP contribution in [-0.2, 0) is 11.3 Å². The fourth-order valence-electron chi connectivity index (χ4n) is 2.97. The summed E-state index contributed by atoms with van der Waals surface area (Å²) < 4.78 is 2.08. The molecule has 0 aliphatic heterocycles. The first-order chi connectivity index (χ1) is 10.6. The predicted molar refractivity (Wildman–Crippen MR) is 88.2 cm³/mol. The van der Waals surface area contributed by atoms with Gasteiger partial charge in [-0.05, 0) is 30.7 Å². The van der Waals surface area contributed by atoms with Gasteiger partial charge >= 0.3 is 0 Å². The zero-order valence-electron chi connectivity index (χ0n) is 12.2. The van der Waals surface area contributed by atoms with E-state index in [9.17, 15) is 4.79 Å². The molecule has 0 aliphatic carbocycles. The van der Waals surface area contributed by atoms with Crippen LogP contribution in [0.1, 0.15) is 6.42 Å². The number of para-hydroxylation sites is 1. The number of carbonyl (C=O) groups excluding carboxylic acids is 1. The Hall–Kier alpha value is -2.53. The highest BCUT2D eigenvalue weighted by Crippen LogP contribution is 2.31. The number of nitrogen functional groups attached to an aromatic ring is 1. The van der Waals surface area contributed by atoms with Gasteiger partial charge in [-0.15, -0.1) is 0 Å². The number of fused-ring (bicyclic) bond motifs is 3. The number of amides is 1. The quantitative estimate of drug-likeness (QED) is 0.627. The number of primary amides is 1. The standard InChI is InChI=1S/C17H19N3O2/c18-12-5-6-16-14(9-12)13-3-1-2-4-15(13)20(16)10-11(7-8-21)17(19)22/h1-6,9,11,21H,7-8,10,18H2,(H2,19,22). The molecular weight excluding hydrogens is 278 g/mol. The van der Waals surface area contributed by atoms with Crippen LogP contribution in [0, 0.1) is 5.92 Å². The molecule has 3 aromatic rings. The van der Waals surface area contributed by atoms with E-state index in [0.717, 1.165) is 21.8 Å². The number of anilines is 1. The highest BCUT2D eigenvalue weighted by Gasteiger charge is 2.19. The molecule has 5 N–H and O–H groups in total. The summed E-state index contributed by atoms with van der Waals surface area (Å²) in [7, 11) is 0. The molecule has 5 nitrogen and oxygen atoms in total. The van der Waals surface area contributed by atoms with Gasteiger partial charge in [-0.25, -0.2) is 0 Å². The van der Waals surface area contributed by atoms with Gasteiger partial charge in [-0.1, -0.05) is 18.2 Å². The van der Waals surface area contributed by atoms with E-state index < -0.39 is 11.8 Å². The van der Waals surface area contributed by atoms with Crippen molar-refractivity contribution >= 4 is 33.4 Å². The summed E-state index contributed by atoms with van der Waals surface area (Å²) in [5.74, 6) is -0.794. The maximum Gasteiger partial charge on any atom is 0.222 e. The zero-order valence-corrected chi connectivity index (χ0v) is 12.2. The first-order valence-corrected chi connectivity index (χ1v) is 7.28. The summed E-state index contributed by atoms with van der Waals surface area (Å²) in [6.45, 7) is 0.390. The Morgan fingerprint density at radius 2 is 1.86 bits per heavy atom. The lowest BCUT2D eigenvalue weighted by molar-refractivity contribution is -0.122. The molecule has 0 aliphatic rings. The molecule has 1 unspecified atom stereocenters. The molecule has 2 aromatic carbocycles. The van der Waals surface area contributed by atoms with E-state index in [1.54, 1.807) is 0 Å². The van der Waals surface area contributed by atoms with Crippen molar-refractivity contribution in [1.29, 1.82) is 0 Å². The van der Waals surface area contributed by atoms with E-state index in [1.807, 2.05) is 42.5 Å². The van der Waals surface area contributed by atoms with Gasteiger partial charge in [0, 0.05) is 40.6 Å². The number of aliphatic hydroxyl groups excluding tert-OH is 1. The molecule has 22 heavy (non-hydrogen) atoms. The summed E-state index contributed by atoms with van der Waals surface area (Å²) >= 11 is 0. The van der Waals surface area contributed by atoms with Crippen molar-refractivity contribution in [2.75, 3.05) is 12.3 Å². The van der Waals surface area contributed by atoms with Crippen molar-refractivity contribution in [2.24, 2.45) is 11.7 Å². The molecule has 1 atom stereocenters. The van der Waals surface area contributed by atoms with Crippen molar-refractivity contribution in [1.82, 2.24) is 4.57 Å². The molecule has 1 aromatic heterocycles. The normalized spacial score (nSPS) is 12.8. The van der Waals surface area contributed by atoms with Gasteiger partial charge in [0.25, 0.3) is 0 Å². The number of rotatable bonds is 5. The summed E-state index contributed by atoms with van der Waals surface area (Å²) in [5.41, 5.74) is 14.1. The lowest BCUT2D eigenvalue weighted by atomic mass is 10.1. The summed E-state index contributed by atoms with van der Waals surface area (Å²) in [5, 5.41) is 11.3. The van der Waals surface area contributed by atoms with Crippen LogP contribution in [0.2, 0.25) is 0 Å². The first-order valence-electron chi connectivity index (χ1n) is 7.28. The fraction of sp³-hybridized carbons (Fsp3) is 0.235. The van der Waals surface area contributed by atoms with Crippen LogP contribution in [0.3, 0.4) is 0 Å². The number of aliphatic hydroxyl groups is 1. The zero-order chi connectivity index (χ0) is 15.7. The van der Waals surface area contributed by atoms with E-state index in [2.05, 4.69) is 4.57 Å². The molecule has 0 fully saturated rings. The Morgan fingerprint density at radius 1 is 1.14 bits per heavy atom. The number of hydrogen-bond donors (Lipinski definition) is 3. The molecule has 0 saturated carbocycles. The number of benzene rings is 2. The first kappa shape index (κ1) is 14.4. The van der Waals surface area contributed by atoms with Crippen LogP contribution in [0.4, 0.5) is 5.69 Å². The smallest absolute Gasteiger partial charge is 0.222 e. The van der Waals surface area contributed by atoms with Crippen molar-refractivity contribution in [3.05, 3.63) is 42.5 Å². The number of hydrogen-bond acceptors (Lipinski definition) is 3. The van der Waals surface area contributed by atoms with Gasteiger partial charge in [0.15, 0.2) is 0 Å². The van der Waals surface area contributed by atoms with Crippen LogP contribution < -0.4 is 11.5 Å². The van der Waals surface area contributed by atoms with Gasteiger partial charge in [0.05, 0.1) is 5.92 Å². The van der Waals surface area contributed by atoms with Crippen molar-refractivity contribution in [3.8, 4) is 0 Å². The Labute approximate surface area is 128 Å². The van der Waals surface area contributed by atoms with Gasteiger partial charge in [-0.2, -0.15) is 0 Å². The SMILES string of the molecule is NC(=O)C(CCO)Cn1c2ccccc2c2cc(N)ccc21. The Bertz CT molecular complexity index is 838. The third-order valence-corrected chi connectivity index (χ3v) is 4.08. The molecule has 1 amide bonds. The molecular formula is C17H19N3O2.